The van der Waals surface area contributed by atoms with Gasteiger partial charge in [-0.3, -0.25) is 4.79 Å². The second-order valence-electron chi connectivity index (χ2n) is 5.23. The number of rotatable bonds is 5. The summed E-state index contributed by atoms with van der Waals surface area (Å²) < 4.78 is 8.10. The molecule has 0 aliphatic rings. The minimum Gasteiger partial charge on any atom is -1.00 e. The summed E-state index contributed by atoms with van der Waals surface area (Å²) in [5.74, 6) is 1.09. The Morgan fingerprint density at radius 1 is 1.05 bits per heavy atom. The average molecular weight is 360 g/mol. The van der Waals surface area contributed by atoms with Gasteiger partial charge in [0.05, 0.1) is 12.8 Å². The lowest BCUT2D eigenvalue weighted by Crippen LogP contribution is -3.00. The number of nitrogens with zero attached hydrogens (tertiary/aromatic N) is 1. The van der Waals surface area contributed by atoms with Crippen LogP contribution in [0.25, 0.3) is 11.1 Å². The predicted molar refractivity (Wildman–Crippen MR) is 81.0 cm³/mol. The fourth-order valence-electron chi connectivity index (χ4n) is 2.50. The third-order valence-electron chi connectivity index (χ3n) is 3.57. The van der Waals surface area contributed by atoms with E-state index in [2.05, 4.69) is 16.7 Å². The summed E-state index contributed by atoms with van der Waals surface area (Å²) in [7, 11) is 0. The first-order chi connectivity index (χ1) is 10.2. The van der Waals surface area contributed by atoms with Gasteiger partial charge in [0, 0.05) is 6.07 Å². The van der Waals surface area contributed by atoms with Gasteiger partial charge in [0.2, 0.25) is 5.58 Å². The highest BCUT2D eigenvalue weighted by atomic mass is 79.9. The molecule has 0 fully saturated rings. The molecule has 3 rings (SSSR count). The van der Waals surface area contributed by atoms with Crippen molar-refractivity contribution >= 4 is 16.9 Å². The minimum atomic E-state index is 0. The molecule has 0 spiro atoms. The molecule has 0 unspecified atom stereocenters. The summed E-state index contributed by atoms with van der Waals surface area (Å²) in [6.07, 6.45) is 1.25. The van der Waals surface area contributed by atoms with E-state index in [0.717, 1.165) is 23.4 Å². The van der Waals surface area contributed by atoms with Gasteiger partial charge in [0.1, 0.15) is 5.78 Å². The minimum absolute atomic E-state index is 0. The van der Waals surface area contributed by atoms with Crippen molar-refractivity contribution < 1.29 is 30.8 Å². The van der Waals surface area contributed by atoms with Crippen molar-refractivity contribution in [1.82, 2.24) is 0 Å². The van der Waals surface area contributed by atoms with E-state index in [1.165, 1.54) is 5.56 Å². The number of ketones is 1. The molecule has 0 bridgehead atoms. The van der Waals surface area contributed by atoms with Crippen LogP contribution in [-0.2, 0) is 17.8 Å². The van der Waals surface area contributed by atoms with Gasteiger partial charge in [-0.05, 0) is 18.6 Å². The van der Waals surface area contributed by atoms with Gasteiger partial charge in [-0.1, -0.05) is 42.5 Å². The Bertz CT molecular complexity index is 765. The highest BCUT2D eigenvalue weighted by Crippen LogP contribution is 2.16. The van der Waals surface area contributed by atoms with Gasteiger partial charge in [-0.25, -0.2) is 0 Å². The average Bonchev–Trinajstić information content (AvgIpc) is 2.83. The van der Waals surface area contributed by atoms with Crippen molar-refractivity contribution in [1.29, 1.82) is 0 Å². The number of Topliss-reactive ketones (excluding diaryl/α,β-unsaturated/α-hetero) is 1. The monoisotopic (exact) mass is 359 g/mol. The van der Waals surface area contributed by atoms with E-state index in [0.29, 0.717) is 13.0 Å². The van der Waals surface area contributed by atoms with Crippen LogP contribution in [-0.4, -0.2) is 5.78 Å². The van der Waals surface area contributed by atoms with Crippen LogP contribution < -0.4 is 21.5 Å². The largest absolute Gasteiger partial charge is 1.00 e. The third-order valence-corrected chi connectivity index (χ3v) is 3.57. The van der Waals surface area contributed by atoms with Gasteiger partial charge in [0.25, 0.3) is 5.52 Å². The molecule has 0 aliphatic heterocycles. The molecule has 3 aromatic rings. The van der Waals surface area contributed by atoms with Crippen LogP contribution in [0.1, 0.15) is 24.8 Å². The number of fused-ring (bicyclic) bond motifs is 1. The molecule has 0 atom stereocenters. The number of hydrogen-bond donors (Lipinski definition) is 0. The Kier molecular flexibility index (Phi) is 5.50. The van der Waals surface area contributed by atoms with Crippen LogP contribution in [0.15, 0.2) is 59.0 Å². The molecule has 0 aliphatic carbocycles. The summed E-state index contributed by atoms with van der Waals surface area (Å²) in [6, 6.07) is 18.2. The normalized spacial score (nSPS) is 10.4. The van der Waals surface area contributed by atoms with E-state index in [4.69, 9.17) is 4.42 Å². The number of aryl methyl sites for hydroxylation is 1. The van der Waals surface area contributed by atoms with Gasteiger partial charge in [-0.15, -0.1) is 0 Å². The lowest BCUT2D eigenvalue weighted by molar-refractivity contribution is -0.682. The second kappa shape index (κ2) is 7.36. The molecule has 0 amide bonds. The number of oxazole rings is 1. The van der Waals surface area contributed by atoms with E-state index in [9.17, 15) is 4.79 Å². The number of para-hydroxylation sites is 2. The standard InChI is InChI=1S/C18H18NO2.BrH/c1-14(20)11-12-19-16-9-5-6-10-17(16)21-18(19)13-15-7-3-2-4-8-15;/h2-10H,11-13H2,1H3;1H/q+1;/p-1. The molecule has 1 heterocycles. The molecule has 3 nitrogen and oxygen atoms in total. The van der Waals surface area contributed by atoms with Crippen molar-refractivity contribution in [2.45, 2.75) is 26.3 Å². The van der Waals surface area contributed by atoms with Crippen LogP contribution in [0.2, 0.25) is 0 Å². The number of carbonyl (C=O) groups excluding carboxylic acids is 1. The molecule has 0 saturated heterocycles. The first-order valence-electron chi connectivity index (χ1n) is 7.17. The summed E-state index contributed by atoms with van der Waals surface area (Å²) in [5.41, 5.74) is 3.12. The van der Waals surface area contributed by atoms with Crippen molar-refractivity contribution in [3.8, 4) is 0 Å². The molecule has 22 heavy (non-hydrogen) atoms. The Hall–Kier alpha value is -1.94. The zero-order valence-corrected chi connectivity index (χ0v) is 14.0. The number of benzene rings is 2. The molecule has 0 radical (unpaired) electrons. The lowest BCUT2D eigenvalue weighted by atomic mass is 10.1. The zero-order chi connectivity index (χ0) is 14.7. The molecular weight excluding hydrogens is 342 g/mol. The SMILES string of the molecule is CC(=O)CC[n+]1c(Cc2ccccc2)oc2ccccc21.[Br-]. The molecular formula is C18H18BrNO2. The molecule has 114 valence electrons. The molecule has 2 aromatic carbocycles. The molecule has 4 heteroatoms. The maximum Gasteiger partial charge on any atom is 0.352 e. The third kappa shape index (κ3) is 3.63. The van der Waals surface area contributed by atoms with Gasteiger partial charge in [-0.2, -0.15) is 4.57 Å². The molecule has 0 N–H and O–H groups in total. The number of carbonyl (C=O) groups is 1. The van der Waals surface area contributed by atoms with Crippen molar-refractivity contribution in [2.24, 2.45) is 0 Å². The van der Waals surface area contributed by atoms with E-state index in [1.807, 2.05) is 42.5 Å². The van der Waals surface area contributed by atoms with Gasteiger partial charge < -0.3 is 21.4 Å². The second-order valence-corrected chi connectivity index (χ2v) is 5.23. The number of hydrogen-bond acceptors (Lipinski definition) is 2. The maximum absolute atomic E-state index is 11.3. The van der Waals surface area contributed by atoms with Crippen molar-refractivity contribution in [2.75, 3.05) is 0 Å². The Labute approximate surface area is 140 Å². The van der Waals surface area contributed by atoms with Crippen molar-refractivity contribution in [3.63, 3.8) is 0 Å². The summed E-state index contributed by atoms with van der Waals surface area (Å²) in [6.45, 7) is 2.29. The quantitative estimate of drug-likeness (QED) is 0.614. The summed E-state index contributed by atoms with van der Waals surface area (Å²) in [4.78, 5) is 11.3. The van der Waals surface area contributed by atoms with E-state index in [1.54, 1.807) is 6.92 Å². The van der Waals surface area contributed by atoms with Crippen molar-refractivity contribution in [3.05, 3.63) is 66.1 Å². The number of aromatic nitrogens is 1. The van der Waals surface area contributed by atoms with Crippen LogP contribution >= 0.6 is 0 Å². The highest BCUT2D eigenvalue weighted by Gasteiger charge is 2.22. The van der Waals surface area contributed by atoms with Crippen LogP contribution in [0, 0.1) is 0 Å². The first kappa shape index (κ1) is 16.4. The fourth-order valence-corrected chi connectivity index (χ4v) is 2.50. The van der Waals surface area contributed by atoms with Gasteiger partial charge >= 0.3 is 5.89 Å². The predicted octanol–water partition coefficient (Wildman–Crippen LogP) is 0.294. The topological polar surface area (TPSA) is 34.1 Å². The maximum atomic E-state index is 11.3. The zero-order valence-electron chi connectivity index (χ0n) is 12.5. The Morgan fingerprint density at radius 3 is 2.45 bits per heavy atom. The van der Waals surface area contributed by atoms with Gasteiger partial charge in [0.15, 0.2) is 6.54 Å². The Morgan fingerprint density at radius 2 is 1.73 bits per heavy atom. The Balaban J connectivity index is 0.00000176. The summed E-state index contributed by atoms with van der Waals surface area (Å²) in [5, 5.41) is 0. The van der Waals surface area contributed by atoms with E-state index < -0.39 is 0 Å². The molecule has 1 aromatic heterocycles. The summed E-state index contributed by atoms with van der Waals surface area (Å²) >= 11 is 0. The lowest BCUT2D eigenvalue weighted by Gasteiger charge is -1.98. The highest BCUT2D eigenvalue weighted by molar-refractivity contribution is 5.75. The van der Waals surface area contributed by atoms with Crippen LogP contribution in [0.5, 0.6) is 0 Å². The van der Waals surface area contributed by atoms with Crippen LogP contribution in [0.3, 0.4) is 0 Å². The van der Waals surface area contributed by atoms with Crippen LogP contribution in [0.4, 0.5) is 0 Å². The van der Waals surface area contributed by atoms with E-state index >= 15 is 0 Å². The first-order valence-corrected chi connectivity index (χ1v) is 7.17. The number of halogens is 1. The smallest absolute Gasteiger partial charge is 0.352 e. The fraction of sp³-hybridized carbons (Fsp3) is 0.222. The molecule has 0 saturated carbocycles. The van der Waals surface area contributed by atoms with E-state index in [-0.39, 0.29) is 22.8 Å².